The molecule has 0 aliphatic carbocycles. The number of rotatable bonds is 4. The highest BCUT2D eigenvalue weighted by atomic mass is 35.5. The van der Waals surface area contributed by atoms with Crippen molar-refractivity contribution in [3.63, 3.8) is 0 Å². The van der Waals surface area contributed by atoms with Crippen LogP contribution in [-0.4, -0.2) is 45.1 Å². The lowest BCUT2D eigenvalue weighted by Gasteiger charge is -2.14. The van der Waals surface area contributed by atoms with Crippen LogP contribution in [0, 0.1) is 5.41 Å². The van der Waals surface area contributed by atoms with Gasteiger partial charge < -0.3 is 19.1 Å². The number of hydrogen-bond acceptors (Lipinski definition) is 5. The van der Waals surface area contributed by atoms with Gasteiger partial charge in [-0.25, -0.2) is 0 Å². The fourth-order valence-electron chi connectivity index (χ4n) is 2.03. The molecule has 0 saturated carbocycles. The number of guanidine groups is 1. The summed E-state index contributed by atoms with van der Waals surface area (Å²) in [6.07, 6.45) is 1.65. The monoisotopic (exact) mass is 327 g/mol. The van der Waals surface area contributed by atoms with Gasteiger partial charge in [0.25, 0.3) is 5.91 Å². The van der Waals surface area contributed by atoms with Crippen molar-refractivity contribution in [2.45, 2.75) is 0 Å². The predicted octanol–water partition coefficient (Wildman–Crippen LogP) is 1.47. The summed E-state index contributed by atoms with van der Waals surface area (Å²) in [5.41, 5.74) is 1.07. The van der Waals surface area contributed by atoms with Gasteiger partial charge in [0.15, 0.2) is 11.5 Å². The molecule has 1 aliphatic rings. The number of likely N-dealkylation sites (N-methyl/N-ethyl adjacent to an activating group) is 1. The summed E-state index contributed by atoms with van der Waals surface area (Å²) in [6, 6.07) is 3.47. The maximum absolute atomic E-state index is 11.8. The molecule has 2 rings (SSSR count). The van der Waals surface area contributed by atoms with Crippen LogP contribution in [0.2, 0.25) is 0 Å². The van der Waals surface area contributed by atoms with Crippen LogP contribution in [-0.2, 0) is 4.79 Å². The topological polar surface area (TPSA) is 83.9 Å². The Kier molecular flexibility index (Phi) is 5.64. The number of nitrogens with one attached hydrogen (secondary N) is 2. The van der Waals surface area contributed by atoms with Gasteiger partial charge in [0.2, 0.25) is 11.7 Å². The van der Waals surface area contributed by atoms with E-state index in [9.17, 15) is 4.79 Å². The average molecular weight is 328 g/mol. The smallest absolute Gasteiger partial charge is 0.274 e. The first-order valence-electron chi connectivity index (χ1n) is 6.17. The lowest BCUT2D eigenvalue weighted by atomic mass is 10.1. The highest BCUT2D eigenvalue weighted by molar-refractivity contribution is 6.14. The zero-order valence-corrected chi connectivity index (χ0v) is 13.5. The van der Waals surface area contributed by atoms with Crippen LogP contribution in [0.25, 0.3) is 6.08 Å². The SMILES string of the molecule is COc1cc(/C=C2\C(=O)NC(=N)N2C)cc(OC)c1OC.Cl. The zero-order valence-electron chi connectivity index (χ0n) is 12.7. The zero-order chi connectivity index (χ0) is 15.6. The van der Waals surface area contributed by atoms with Crippen molar-refractivity contribution in [2.75, 3.05) is 28.4 Å². The van der Waals surface area contributed by atoms with Crippen molar-refractivity contribution in [1.82, 2.24) is 10.2 Å². The Hall–Kier alpha value is -2.41. The summed E-state index contributed by atoms with van der Waals surface area (Å²) < 4.78 is 15.8. The van der Waals surface area contributed by atoms with Crippen molar-refractivity contribution in [3.05, 3.63) is 23.4 Å². The molecule has 1 amide bonds. The molecule has 120 valence electrons. The number of ether oxygens (including phenoxy) is 3. The summed E-state index contributed by atoms with van der Waals surface area (Å²) >= 11 is 0. The van der Waals surface area contributed by atoms with Gasteiger partial charge in [0.05, 0.1) is 21.3 Å². The first-order valence-corrected chi connectivity index (χ1v) is 6.17. The predicted molar refractivity (Wildman–Crippen MR) is 85.0 cm³/mol. The van der Waals surface area contributed by atoms with E-state index in [-0.39, 0.29) is 24.3 Å². The Balaban J connectivity index is 0.00000242. The van der Waals surface area contributed by atoms with E-state index >= 15 is 0 Å². The Morgan fingerprint density at radius 2 is 1.68 bits per heavy atom. The molecule has 1 aliphatic heterocycles. The van der Waals surface area contributed by atoms with Crippen molar-refractivity contribution in [3.8, 4) is 17.2 Å². The van der Waals surface area contributed by atoms with Crippen LogP contribution < -0.4 is 19.5 Å². The van der Waals surface area contributed by atoms with E-state index in [4.69, 9.17) is 19.6 Å². The van der Waals surface area contributed by atoms with Crippen molar-refractivity contribution >= 4 is 30.3 Å². The number of nitrogens with zero attached hydrogens (tertiary/aromatic N) is 1. The standard InChI is InChI=1S/C14H17N3O4.ClH/c1-17-9(13(18)16-14(17)15)5-8-6-10(19-2)12(21-4)11(7-8)20-3;/h5-7H,1-4H3,(H2,15,16,18);1H/b9-5+;. The molecule has 0 radical (unpaired) electrons. The van der Waals surface area contributed by atoms with Crippen LogP contribution in [0.15, 0.2) is 17.8 Å². The van der Waals surface area contributed by atoms with Gasteiger partial charge >= 0.3 is 0 Å². The fourth-order valence-corrected chi connectivity index (χ4v) is 2.03. The largest absolute Gasteiger partial charge is 0.493 e. The third kappa shape index (κ3) is 3.09. The molecule has 2 N–H and O–H groups in total. The van der Waals surface area contributed by atoms with Crippen LogP contribution >= 0.6 is 12.4 Å². The molecule has 22 heavy (non-hydrogen) atoms. The minimum absolute atomic E-state index is 0. The van der Waals surface area contributed by atoms with Crippen LogP contribution in [0.4, 0.5) is 0 Å². The Morgan fingerprint density at radius 1 is 1.14 bits per heavy atom. The number of methoxy groups -OCH3 is 3. The molecular weight excluding hydrogens is 310 g/mol. The van der Waals surface area contributed by atoms with Gasteiger partial charge in [-0.1, -0.05) is 0 Å². The van der Waals surface area contributed by atoms with E-state index in [0.717, 1.165) is 0 Å². The summed E-state index contributed by atoms with van der Waals surface area (Å²) in [5.74, 6) is 1.20. The molecule has 1 aromatic carbocycles. The van der Waals surface area contributed by atoms with E-state index in [1.807, 2.05) is 0 Å². The van der Waals surface area contributed by atoms with Crippen molar-refractivity contribution in [1.29, 1.82) is 5.41 Å². The molecule has 1 saturated heterocycles. The van der Waals surface area contributed by atoms with Crippen LogP contribution in [0.1, 0.15) is 5.56 Å². The van der Waals surface area contributed by atoms with Gasteiger partial charge in [-0.3, -0.25) is 15.5 Å². The van der Waals surface area contributed by atoms with Crippen LogP contribution in [0.5, 0.6) is 17.2 Å². The van der Waals surface area contributed by atoms with Gasteiger partial charge in [0.1, 0.15) is 5.70 Å². The normalized spacial score (nSPS) is 15.5. The van der Waals surface area contributed by atoms with E-state index in [2.05, 4.69) is 5.32 Å². The Labute approximate surface area is 134 Å². The molecule has 7 nitrogen and oxygen atoms in total. The molecule has 1 aromatic rings. The summed E-state index contributed by atoms with van der Waals surface area (Å²) in [4.78, 5) is 13.2. The highest BCUT2D eigenvalue weighted by Gasteiger charge is 2.27. The molecule has 0 atom stereocenters. The maximum atomic E-state index is 11.8. The highest BCUT2D eigenvalue weighted by Crippen LogP contribution is 2.38. The van der Waals surface area contributed by atoms with Gasteiger partial charge in [-0.15, -0.1) is 12.4 Å². The van der Waals surface area contributed by atoms with Gasteiger partial charge in [-0.2, -0.15) is 0 Å². The molecule has 1 fully saturated rings. The van der Waals surface area contributed by atoms with Crippen LogP contribution in [0.3, 0.4) is 0 Å². The third-order valence-electron chi connectivity index (χ3n) is 3.15. The van der Waals surface area contributed by atoms with E-state index in [0.29, 0.717) is 28.5 Å². The maximum Gasteiger partial charge on any atom is 0.274 e. The Morgan fingerprint density at radius 3 is 2.05 bits per heavy atom. The second-order valence-electron chi connectivity index (χ2n) is 4.35. The number of carbonyl (C=O) groups is 1. The average Bonchev–Trinajstić information content (AvgIpc) is 2.72. The molecule has 1 heterocycles. The lowest BCUT2D eigenvalue weighted by Crippen LogP contribution is -2.25. The molecule has 0 spiro atoms. The molecular formula is C14H18ClN3O4. The third-order valence-corrected chi connectivity index (χ3v) is 3.15. The second kappa shape index (κ2) is 7.04. The number of amides is 1. The number of benzene rings is 1. The molecule has 8 heteroatoms. The summed E-state index contributed by atoms with van der Waals surface area (Å²) in [5, 5.41) is 10.0. The molecule has 0 aromatic heterocycles. The fraction of sp³-hybridized carbons (Fsp3) is 0.286. The van der Waals surface area contributed by atoms with E-state index in [1.54, 1.807) is 25.3 Å². The summed E-state index contributed by atoms with van der Waals surface area (Å²) in [6.45, 7) is 0. The quantitative estimate of drug-likeness (QED) is 0.818. The second-order valence-corrected chi connectivity index (χ2v) is 4.35. The van der Waals surface area contributed by atoms with Gasteiger partial charge in [0, 0.05) is 7.05 Å². The van der Waals surface area contributed by atoms with Crippen molar-refractivity contribution < 1.29 is 19.0 Å². The van der Waals surface area contributed by atoms with Gasteiger partial charge in [-0.05, 0) is 23.8 Å². The summed E-state index contributed by atoms with van der Waals surface area (Å²) in [7, 11) is 6.22. The number of hydrogen-bond donors (Lipinski definition) is 2. The molecule has 0 unspecified atom stereocenters. The number of carbonyl (C=O) groups excluding carboxylic acids is 1. The lowest BCUT2D eigenvalue weighted by molar-refractivity contribution is -0.115. The minimum Gasteiger partial charge on any atom is -0.493 e. The number of halogens is 1. The minimum atomic E-state index is -0.323. The first-order chi connectivity index (χ1) is 10.0. The van der Waals surface area contributed by atoms with E-state index < -0.39 is 0 Å². The first kappa shape index (κ1) is 17.6. The Bertz CT molecular complexity index is 606. The molecule has 0 bridgehead atoms. The van der Waals surface area contributed by atoms with E-state index in [1.165, 1.54) is 26.2 Å². The van der Waals surface area contributed by atoms with Crippen molar-refractivity contribution in [2.24, 2.45) is 0 Å².